The Balaban J connectivity index is 3.46. The largest absolute Gasteiger partial charge is 0.384 e. The first-order chi connectivity index (χ1) is 5.48. The van der Waals surface area contributed by atoms with Crippen LogP contribution in [0, 0.1) is 18.3 Å². The Labute approximate surface area is 77.5 Å². The lowest BCUT2D eigenvalue weighted by atomic mass is 9.87. The predicted octanol–water partition coefficient (Wildman–Crippen LogP) is 3.30. The van der Waals surface area contributed by atoms with Crippen molar-refractivity contribution in [3.63, 3.8) is 0 Å². The van der Waals surface area contributed by atoms with E-state index < -0.39 is 0 Å². The van der Waals surface area contributed by atoms with Gasteiger partial charge >= 0.3 is 0 Å². The quantitative estimate of drug-likeness (QED) is 0.596. The minimum absolute atomic E-state index is 0.337. The van der Waals surface area contributed by atoms with Gasteiger partial charge in [0.15, 0.2) is 0 Å². The van der Waals surface area contributed by atoms with Crippen LogP contribution in [0.15, 0.2) is 0 Å². The number of hydrogen-bond acceptors (Lipinski definition) is 1. The molecule has 1 nitrogen and oxygen atoms in total. The third-order valence-corrected chi connectivity index (χ3v) is 2.09. The van der Waals surface area contributed by atoms with Gasteiger partial charge in [-0.15, -0.1) is 0 Å². The van der Waals surface area contributed by atoms with Crippen molar-refractivity contribution in [1.29, 1.82) is 0 Å². The van der Waals surface area contributed by atoms with Crippen molar-refractivity contribution in [1.82, 2.24) is 0 Å². The monoisotopic (exact) mass is 171 g/mol. The molecule has 0 aliphatic rings. The van der Waals surface area contributed by atoms with Crippen LogP contribution in [0.25, 0.3) is 0 Å². The van der Waals surface area contributed by atoms with Gasteiger partial charge in [-0.1, -0.05) is 40.5 Å². The molecule has 0 aromatic heterocycles. The molecule has 0 rings (SSSR count). The van der Waals surface area contributed by atoms with Gasteiger partial charge in [-0.2, -0.15) is 0 Å². The summed E-state index contributed by atoms with van der Waals surface area (Å²) in [5.74, 6) is 0.586. The van der Waals surface area contributed by atoms with Gasteiger partial charge in [-0.05, 0) is 17.8 Å². The Hall–Kier alpha value is -0.0400. The number of ether oxygens (including phenoxy) is 1. The zero-order valence-corrected chi connectivity index (χ0v) is 9.02. The average molecular weight is 171 g/mol. The summed E-state index contributed by atoms with van der Waals surface area (Å²) in [5, 5.41) is 0. The Morgan fingerprint density at radius 2 is 2.00 bits per heavy atom. The van der Waals surface area contributed by atoms with Gasteiger partial charge in [0.1, 0.15) is 0 Å². The molecule has 1 radical (unpaired) electrons. The Bertz CT molecular complexity index is 106. The molecule has 0 amide bonds. The van der Waals surface area contributed by atoms with Crippen molar-refractivity contribution >= 4 is 0 Å². The van der Waals surface area contributed by atoms with Crippen LogP contribution in [0.5, 0.6) is 0 Å². The van der Waals surface area contributed by atoms with E-state index in [9.17, 15) is 0 Å². The minimum Gasteiger partial charge on any atom is -0.384 e. The van der Waals surface area contributed by atoms with E-state index in [4.69, 9.17) is 4.74 Å². The predicted molar refractivity (Wildman–Crippen MR) is 54.0 cm³/mol. The van der Waals surface area contributed by atoms with Gasteiger partial charge in [0.2, 0.25) is 0 Å². The molecule has 0 N–H and O–H groups in total. The van der Waals surface area contributed by atoms with Crippen LogP contribution in [-0.4, -0.2) is 13.7 Å². The van der Waals surface area contributed by atoms with Gasteiger partial charge in [0.05, 0.1) is 6.61 Å². The third kappa shape index (κ3) is 6.66. The minimum atomic E-state index is 0.337. The van der Waals surface area contributed by atoms with E-state index in [0.717, 1.165) is 6.61 Å². The first kappa shape index (κ1) is 12.0. The maximum Gasteiger partial charge on any atom is 0.0513 e. The van der Waals surface area contributed by atoms with Crippen LogP contribution in [-0.2, 0) is 4.74 Å². The van der Waals surface area contributed by atoms with E-state index in [0.29, 0.717) is 11.3 Å². The highest BCUT2D eigenvalue weighted by Crippen LogP contribution is 2.24. The van der Waals surface area contributed by atoms with Crippen molar-refractivity contribution in [3.05, 3.63) is 6.92 Å². The van der Waals surface area contributed by atoms with E-state index in [1.54, 1.807) is 7.11 Å². The fraction of sp³-hybridized carbons (Fsp3) is 0.909. The van der Waals surface area contributed by atoms with Gasteiger partial charge < -0.3 is 4.74 Å². The van der Waals surface area contributed by atoms with E-state index in [1.807, 2.05) is 0 Å². The molecule has 0 heterocycles. The number of methoxy groups -OCH3 is 1. The van der Waals surface area contributed by atoms with Gasteiger partial charge in [-0.25, -0.2) is 0 Å². The molecule has 0 bridgehead atoms. The van der Waals surface area contributed by atoms with Gasteiger partial charge in [0, 0.05) is 7.11 Å². The summed E-state index contributed by atoms with van der Waals surface area (Å²) in [4.78, 5) is 0. The second-order valence-corrected chi connectivity index (χ2v) is 4.59. The summed E-state index contributed by atoms with van der Waals surface area (Å²) < 4.78 is 5.15. The SMILES string of the molecule is [CH2]C(C)CCCC(C)(C)COC. The molecule has 0 spiro atoms. The molecule has 0 saturated heterocycles. The van der Waals surface area contributed by atoms with Crippen molar-refractivity contribution < 1.29 is 4.74 Å². The fourth-order valence-corrected chi connectivity index (χ4v) is 1.39. The second kappa shape index (κ2) is 5.58. The highest BCUT2D eigenvalue weighted by atomic mass is 16.5. The summed E-state index contributed by atoms with van der Waals surface area (Å²) in [7, 11) is 1.77. The van der Waals surface area contributed by atoms with Crippen LogP contribution in [0.4, 0.5) is 0 Å². The normalized spacial score (nSPS) is 12.5. The van der Waals surface area contributed by atoms with Crippen LogP contribution in [0.1, 0.15) is 40.0 Å². The molecule has 0 aromatic carbocycles. The molecular weight excluding hydrogens is 148 g/mol. The summed E-state index contributed by atoms with van der Waals surface area (Å²) in [6.07, 6.45) is 3.73. The molecule has 1 atom stereocenters. The lowest BCUT2D eigenvalue weighted by molar-refractivity contribution is 0.0958. The third-order valence-electron chi connectivity index (χ3n) is 2.09. The molecule has 1 unspecified atom stereocenters. The average Bonchev–Trinajstić information content (AvgIpc) is 1.85. The topological polar surface area (TPSA) is 9.23 Å². The molecule has 0 aliphatic carbocycles. The van der Waals surface area contributed by atoms with Gasteiger partial charge in [-0.3, -0.25) is 0 Å². The standard InChI is InChI=1S/C11H23O/c1-10(2)7-6-8-11(3,4)9-12-5/h10H,1,6-9H2,2-5H3. The molecule has 0 aliphatic heterocycles. The highest BCUT2D eigenvalue weighted by molar-refractivity contribution is 4.68. The summed E-state index contributed by atoms with van der Waals surface area (Å²) in [6.45, 7) is 11.5. The van der Waals surface area contributed by atoms with Crippen LogP contribution in [0.2, 0.25) is 0 Å². The molecule has 73 valence electrons. The second-order valence-electron chi connectivity index (χ2n) is 4.59. The Kier molecular flexibility index (Phi) is 5.56. The van der Waals surface area contributed by atoms with Crippen LogP contribution in [0.3, 0.4) is 0 Å². The van der Waals surface area contributed by atoms with Crippen molar-refractivity contribution in [2.24, 2.45) is 11.3 Å². The van der Waals surface area contributed by atoms with Crippen molar-refractivity contribution in [2.75, 3.05) is 13.7 Å². The van der Waals surface area contributed by atoms with E-state index in [2.05, 4.69) is 27.7 Å². The first-order valence-corrected chi connectivity index (χ1v) is 4.80. The zero-order chi connectivity index (χ0) is 9.61. The lowest BCUT2D eigenvalue weighted by Gasteiger charge is -2.23. The van der Waals surface area contributed by atoms with Crippen LogP contribution < -0.4 is 0 Å². The van der Waals surface area contributed by atoms with Crippen LogP contribution >= 0.6 is 0 Å². The molecule has 0 fully saturated rings. The molecule has 0 aromatic rings. The first-order valence-electron chi connectivity index (χ1n) is 4.80. The number of hydrogen-bond donors (Lipinski definition) is 0. The summed E-state index contributed by atoms with van der Waals surface area (Å²) >= 11 is 0. The smallest absolute Gasteiger partial charge is 0.0513 e. The lowest BCUT2D eigenvalue weighted by Crippen LogP contribution is -2.18. The van der Waals surface area contributed by atoms with E-state index in [-0.39, 0.29) is 0 Å². The van der Waals surface area contributed by atoms with Crippen molar-refractivity contribution in [2.45, 2.75) is 40.0 Å². The maximum atomic E-state index is 5.15. The Morgan fingerprint density at radius 1 is 1.42 bits per heavy atom. The molecular formula is C11H23O. The fourth-order valence-electron chi connectivity index (χ4n) is 1.39. The zero-order valence-electron chi connectivity index (χ0n) is 9.02. The highest BCUT2D eigenvalue weighted by Gasteiger charge is 2.16. The van der Waals surface area contributed by atoms with Crippen molar-refractivity contribution in [3.8, 4) is 0 Å². The summed E-state index contributed by atoms with van der Waals surface area (Å²) in [5.41, 5.74) is 0.337. The molecule has 1 heteroatoms. The summed E-state index contributed by atoms with van der Waals surface area (Å²) in [6, 6.07) is 0. The molecule has 0 saturated carbocycles. The Morgan fingerprint density at radius 3 is 2.42 bits per heavy atom. The van der Waals surface area contributed by atoms with Gasteiger partial charge in [0.25, 0.3) is 0 Å². The number of rotatable bonds is 6. The van der Waals surface area contributed by atoms with E-state index >= 15 is 0 Å². The maximum absolute atomic E-state index is 5.15. The van der Waals surface area contributed by atoms with E-state index in [1.165, 1.54) is 19.3 Å². The molecule has 12 heavy (non-hydrogen) atoms.